The monoisotopic (exact) mass is 304 g/mol. The Balaban J connectivity index is 1.83. The van der Waals surface area contributed by atoms with Crippen molar-refractivity contribution in [2.24, 2.45) is 0 Å². The number of aryl methyl sites for hydroxylation is 1. The molecule has 1 N–H and O–H groups in total. The molecule has 1 atom stereocenters. The van der Waals surface area contributed by atoms with Crippen molar-refractivity contribution in [3.05, 3.63) is 58.9 Å². The number of carbonyl (C=O) groups is 1. The lowest BCUT2D eigenvalue weighted by molar-refractivity contribution is -0.123. The summed E-state index contributed by atoms with van der Waals surface area (Å²) in [6.45, 7) is 3.77. The summed E-state index contributed by atoms with van der Waals surface area (Å²) in [4.78, 5) is 16.0. The van der Waals surface area contributed by atoms with Crippen LogP contribution in [0, 0.1) is 6.92 Å². The molecule has 0 spiro atoms. The van der Waals surface area contributed by atoms with Gasteiger partial charge in [0, 0.05) is 10.7 Å². The molecule has 0 radical (unpaired) electrons. The highest BCUT2D eigenvalue weighted by Crippen LogP contribution is 2.16. The van der Waals surface area contributed by atoms with Crippen LogP contribution in [0.25, 0.3) is 0 Å². The van der Waals surface area contributed by atoms with Crippen LogP contribution in [-0.2, 0) is 4.79 Å². The molecule has 2 rings (SSSR count). The highest BCUT2D eigenvalue weighted by molar-refractivity contribution is 6.30. The average molecular weight is 305 g/mol. The molecule has 0 fully saturated rings. The molecule has 110 valence electrons. The fourth-order valence-corrected chi connectivity index (χ4v) is 1.93. The molecule has 0 aliphatic heterocycles. The van der Waals surface area contributed by atoms with Crippen molar-refractivity contribution < 1.29 is 9.53 Å². The first-order valence-electron chi connectivity index (χ1n) is 6.65. The lowest BCUT2D eigenvalue weighted by Gasteiger charge is -2.14. The Bertz CT molecular complexity index is 597. The first kappa shape index (κ1) is 15.3. The SMILES string of the molecule is Cc1ccc(OCC(=O)N[C@@H](C)c2ccc(Cl)cc2)cn1. The van der Waals surface area contributed by atoms with Gasteiger partial charge in [0.15, 0.2) is 6.61 Å². The van der Waals surface area contributed by atoms with E-state index in [0.29, 0.717) is 10.8 Å². The number of pyridine rings is 1. The minimum absolute atomic E-state index is 0.0390. The molecule has 2 aromatic rings. The number of rotatable bonds is 5. The molecular weight excluding hydrogens is 288 g/mol. The number of nitrogens with zero attached hydrogens (tertiary/aromatic N) is 1. The molecule has 21 heavy (non-hydrogen) atoms. The van der Waals surface area contributed by atoms with Gasteiger partial charge in [0.1, 0.15) is 5.75 Å². The van der Waals surface area contributed by atoms with Gasteiger partial charge in [0.05, 0.1) is 12.2 Å². The molecule has 1 amide bonds. The predicted molar refractivity (Wildman–Crippen MR) is 82.5 cm³/mol. The van der Waals surface area contributed by atoms with E-state index < -0.39 is 0 Å². The maximum Gasteiger partial charge on any atom is 0.258 e. The number of nitrogens with one attached hydrogen (secondary N) is 1. The van der Waals surface area contributed by atoms with Gasteiger partial charge in [-0.05, 0) is 43.7 Å². The summed E-state index contributed by atoms with van der Waals surface area (Å²) in [5.74, 6) is 0.396. The maximum absolute atomic E-state index is 11.9. The van der Waals surface area contributed by atoms with Crippen molar-refractivity contribution in [2.45, 2.75) is 19.9 Å². The van der Waals surface area contributed by atoms with Crippen molar-refractivity contribution in [1.82, 2.24) is 10.3 Å². The summed E-state index contributed by atoms with van der Waals surface area (Å²) in [6.07, 6.45) is 1.60. The second-order valence-corrected chi connectivity index (χ2v) is 5.20. The second-order valence-electron chi connectivity index (χ2n) is 4.76. The smallest absolute Gasteiger partial charge is 0.258 e. The van der Waals surface area contributed by atoms with E-state index in [9.17, 15) is 4.79 Å². The van der Waals surface area contributed by atoms with Gasteiger partial charge in [-0.2, -0.15) is 0 Å². The summed E-state index contributed by atoms with van der Waals surface area (Å²) in [7, 11) is 0. The normalized spacial score (nSPS) is 11.8. The Hall–Kier alpha value is -2.07. The minimum atomic E-state index is -0.182. The van der Waals surface area contributed by atoms with E-state index in [1.54, 1.807) is 24.4 Å². The summed E-state index contributed by atoms with van der Waals surface area (Å²) in [6, 6.07) is 10.9. The largest absolute Gasteiger partial charge is 0.482 e. The van der Waals surface area contributed by atoms with Crippen molar-refractivity contribution in [1.29, 1.82) is 0 Å². The predicted octanol–water partition coefficient (Wildman–Crippen LogP) is 3.30. The van der Waals surface area contributed by atoms with Crippen molar-refractivity contribution in [2.75, 3.05) is 6.61 Å². The van der Waals surface area contributed by atoms with E-state index >= 15 is 0 Å². The van der Waals surface area contributed by atoms with Crippen LogP contribution in [0.1, 0.15) is 24.2 Å². The van der Waals surface area contributed by atoms with Gasteiger partial charge in [-0.3, -0.25) is 9.78 Å². The first-order chi connectivity index (χ1) is 10.0. The molecule has 0 bridgehead atoms. The van der Waals surface area contributed by atoms with Crippen LogP contribution in [-0.4, -0.2) is 17.5 Å². The van der Waals surface area contributed by atoms with Gasteiger partial charge in [-0.15, -0.1) is 0 Å². The van der Waals surface area contributed by atoms with Gasteiger partial charge >= 0.3 is 0 Å². The first-order valence-corrected chi connectivity index (χ1v) is 7.02. The van der Waals surface area contributed by atoms with Crippen LogP contribution in [0.3, 0.4) is 0 Å². The Morgan fingerprint density at radius 2 is 2.00 bits per heavy atom. The van der Waals surface area contributed by atoms with E-state index in [2.05, 4.69) is 10.3 Å². The summed E-state index contributed by atoms with van der Waals surface area (Å²) >= 11 is 5.84. The summed E-state index contributed by atoms with van der Waals surface area (Å²) in [5, 5.41) is 3.54. The highest BCUT2D eigenvalue weighted by atomic mass is 35.5. The second kappa shape index (κ2) is 7.09. The van der Waals surface area contributed by atoms with Crippen LogP contribution in [0.2, 0.25) is 5.02 Å². The fourth-order valence-electron chi connectivity index (χ4n) is 1.81. The number of hydrogen-bond donors (Lipinski definition) is 1. The lowest BCUT2D eigenvalue weighted by atomic mass is 10.1. The van der Waals surface area contributed by atoms with Crippen molar-refractivity contribution >= 4 is 17.5 Å². The van der Waals surface area contributed by atoms with E-state index in [1.165, 1.54) is 0 Å². The van der Waals surface area contributed by atoms with Gasteiger partial charge in [-0.1, -0.05) is 23.7 Å². The Kier molecular flexibility index (Phi) is 5.17. The van der Waals surface area contributed by atoms with Gasteiger partial charge in [0.2, 0.25) is 0 Å². The van der Waals surface area contributed by atoms with Crippen LogP contribution in [0.15, 0.2) is 42.6 Å². The molecular formula is C16H17ClN2O2. The number of carbonyl (C=O) groups excluding carboxylic acids is 1. The zero-order valence-electron chi connectivity index (χ0n) is 12.0. The molecule has 0 aliphatic rings. The Morgan fingerprint density at radius 1 is 1.29 bits per heavy atom. The molecule has 0 saturated carbocycles. The van der Waals surface area contributed by atoms with Crippen LogP contribution < -0.4 is 10.1 Å². The number of ether oxygens (including phenoxy) is 1. The zero-order valence-corrected chi connectivity index (χ0v) is 12.7. The Labute approximate surface area is 129 Å². The van der Waals surface area contributed by atoms with Gasteiger partial charge in [0.25, 0.3) is 5.91 Å². The summed E-state index contributed by atoms with van der Waals surface area (Å²) in [5.41, 5.74) is 1.90. The quantitative estimate of drug-likeness (QED) is 0.922. The molecule has 4 nitrogen and oxygen atoms in total. The van der Waals surface area contributed by atoms with Crippen molar-refractivity contribution in [3.63, 3.8) is 0 Å². The van der Waals surface area contributed by atoms with E-state index in [4.69, 9.17) is 16.3 Å². The van der Waals surface area contributed by atoms with Gasteiger partial charge < -0.3 is 10.1 Å². The van der Waals surface area contributed by atoms with Crippen LogP contribution >= 0.6 is 11.6 Å². The maximum atomic E-state index is 11.9. The van der Waals surface area contributed by atoms with E-state index in [-0.39, 0.29) is 18.6 Å². The van der Waals surface area contributed by atoms with Gasteiger partial charge in [-0.25, -0.2) is 0 Å². The number of aromatic nitrogens is 1. The lowest BCUT2D eigenvalue weighted by Crippen LogP contribution is -2.31. The number of hydrogen-bond acceptors (Lipinski definition) is 3. The number of benzene rings is 1. The fraction of sp³-hybridized carbons (Fsp3) is 0.250. The molecule has 1 aromatic heterocycles. The van der Waals surface area contributed by atoms with Crippen LogP contribution in [0.4, 0.5) is 0 Å². The van der Waals surface area contributed by atoms with E-state index in [1.807, 2.05) is 32.0 Å². The minimum Gasteiger partial charge on any atom is -0.482 e. The van der Waals surface area contributed by atoms with E-state index in [0.717, 1.165) is 11.3 Å². The molecule has 1 aromatic carbocycles. The molecule has 1 heterocycles. The zero-order chi connectivity index (χ0) is 15.2. The van der Waals surface area contributed by atoms with Crippen LogP contribution in [0.5, 0.6) is 5.75 Å². The summed E-state index contributed by atoms with van der Waals surface area (Å²) < 4.78 is 5.38. The highest BCUT2D eigenvalue weighted by Gasteiger charge is 2.10. The number of amides is 1. The molecule has 0 saturated heterocycles. The molecule has 0 unspecified atom stereocenters. The Morgan fingerprint density at radius 3 is 2.62 bits per heavy atom. The molecule has 5 heteroatoms. The third-order valence-corrected chi connectivity index (χ3v) is 3.25. The average Bonchev–Trinajstić information content (AvgIpc) is 2.47. The third kappa shape index (κ3) is 4.76. The van der Waals surface area contributed by atoms with Crippen molar-refractivity contribution in [3.8, 4) is 5.75 Å². The standard InChI is InChI=1S/C16H17ClN2O2/c1-11-3-8-15(9-18-11)21-10-16(20)19-12(2)13-4-6-14(17)7-5-13/h3-9,12H,10H2,1-2H3,(H,19,20)/t12-/m0/s1. The third-order valence-electron chi connectivity index (χ3n) is 3.00. The topological polar surface area (TPSA) is 51.2 Å². The molecule has 0 aliphatic carbocycles. The number of halogens is 1.